The van der Waals surface area contributed by atoms with Gasteiger partial charge in [0.25, 0.3) is 0 Å². The minimum absolute atomic E-state index is 0. The van der Waals surface area contributed by atoms with Gasteiger partial charge in [0, 0.05) is 45.5 Å². The van der Waals surface area contributed by atoms with E-state index in [0.29, 0.717) is 31.0 Å². The molecule has 0 spiro atoms. The second kappa shape index (κ2) is 7.09. The van der Waals surface area contributed by atoms with Gasteiger partial charge in [-0.15, -0.1) is 12.4 Å². The van der Waals surface area contributed by atoms with Gasteiger partial charge >= 0.3 is 0 Å². The number of sulfonamides is 1. The van der Waals surface area contributed by atoms with E-state index in [1.807, 2.05) is 31.7 Å². The summed E-state index contributed by atoms with van der Waals surface area (Å²) in [4.78, 5) is 4.69. The van der Waals surface area contributed by atoms with Crippen LogP contribution in [0, 0.1) is 0 Å². The molecule has 1 aromatic heterocycles. The van der Waals surface area contributed by atoms with Gasteiger partial charge in [0.05, 0.1) is 10.9 Å². The Hall–Kier alpha value is -1.61. The summed E-state index contributed by atoms with van der Waals surface area (Å²) in [5.74, 6) is 1.52. The van der Waals surface area contributed by atoms with Crippen molar-refractivity contribution in [3.63, 3.8) is 0 Å². The summed E-state index contributed by atoms with van der Waals surface area (Å²) >= 11 is 0. The minimum Gasteiger partial charge on any atom is -0.487 e. The Morgan fingerprint density at radius 3 is 2.81 bits per heavy atom. The van der Waals surface area contributed by atoms with Gasteiger partial charge in [-0.25, -0.2) is 13.4 Å². The first-order valence-corrected chi connectivity index (χ1v) is 10.2. The van der Waals surface area contributed by atoms with E-state index in [4.69, 9.17) is 4.74 Å². The van der Waals surface area contributed by atoms with Crippen molar-refractivity contribution in [1.82, 2.24) is 19.2 Å². The Balaban J connectivity index is 0.00000210. The number of benzene rings is 1. The summed E-state index contributed by atoms with van der Waals surface area (Å²) in [5, 5.41) is 3.28. The third-order valence-electron chi connectivity index (χ3n) is 4.99. The van der Waals surface area contributed by atoms with E-state index in [1.54, 1.807) is 28.7 Å². The molecule has 2 aliphatic rings. The molecule has 148 valence electrons. The third-order valence-corrected chi connectivity index (χ3v) is 6.90. The number of aromatic nitrogens is 2. The van der Waals surface area contributed by atoms with Gasteiger partial charge in [-0.1, -0.05) is 0 Å². The molecule has 0 bridgehead atoms. The molecule has 1 N–H and O–H groups in total. The van der Waals surface area contributed by atoms with E-state index in [-0.39, 0.29) is 24.0 Å². The van der Waals surface area contributed by atoms with Crippen LogP contribution in [0.3, 0.4) is 0 Å². The number of fused-ring (bicyclic) bond motifs is 1. The van der Waals surface area contributed by atoms with E-state index in [9.17, 15) is 8.42 Å². The lowest BCUT2D eigenvalue weighted by Crippen LogP contribution is -2.49. The molecular formula is C18H25ClN4O3S. The number of ether oxygens (including phenoxy) is 1. The van der Waals surface area contributed by atoms with Crippen LogP contribution >= 0.6 is 12.4 Å². The Labute approximate surface area is 166 Å². The summed E-state index contributed by atoms with van der Waals surface area (Å²) < 4.78 is 36.1. The number of piperazine rings is 1. The maximum atomic E-state index is 13.4. The summed E-state index contributed by atoms with van der Waals surface area (Å²) in [6.07, 6.45) is 4.24. The highest BCUT2D eigenvalue weighted by Gasteiger charge is 2.38. The Bertz CT molecular complexity index is 942. The molecule has 1 saturated heterocycles. The van der Waals surface area contributed by atoms with Crippen molar-refractivity contribution in [2.45, 2.75) is 36.8 Å². The standard InChI is InChI=1S/C18H24N4O3S.ClH/c1-18(2)11-13-10-14(4-5-16(13)25-18)26(23,24)22-9-6-19-12-15(22)17-20-7-8-21(17)3;/h4-5,7-8,10,15,19H,6,9,11-12H2,1-3H3;1H. The van der Waals surface area contributed by atoms with E-state index >= 15 is 0 Å². The summed E-state index contributed by atoms with van der Waals surface area (Å²) in [7, 11) is -1.74. The molecule has 0 amide bonds. The molecule has 27 heavy (non-hydrogen) atoms. The molecule has 2 aromatic rings. The molecule has 9 heteroatoms. The van der Waals surface area contributed by atoms with Crippen molar-refractivity contribution in [3.8, 4) is 5.75 Å². The zero-order valence-corrected chi connectivity index (χ0v) is 17.3. The van der Waals surface area contributed by atoms with Crippen LogP contribution in [0.5, 0.6) is 5.75 Å². The van der Waals surface area contributed by atoms with Crippen LogP contribution in [-0.4, -0.2) is 47.5 Å². The number of aryl methyl sites for hydroxylation is 1. The number of hydrogen-bond donors (Lipinski definition) is 1. The molecule has 0 radical (unpaired) electrons. The van der Waals surface area contributed by atoms with Crippen LogP contribution in [0.4, 0.5) is 0 Å². The Kier molecular flexibility index (Phi) is 5.28. The number of imidazole rings is 1. The molecule has 0 aliphatic carbocycles. The molecule has 2 aliphatic heterocycles. The monoisotopic (exact) mass is 412 g/mol. The third kappa shape index (κ3) is 3.59. The van der Waals surface area contributed by atoms with Gasteiger partial charge in [-0.2, -0.15) is 4.31 Å². The minimum atomic E-state index is -3.63. The Morgan fingerprint density at radius 1 is 1.33 bits per heavy atom. The zero-order valence-electron chi connectivity index (χ0n) is 15.7. The quantitative estimate of drug-likeness (QED) is 0.833. The second-order valence-corrected chi connectivity index (χ2v) is 9.43. The van der Waals surface area contributed by atoms with Crippen molar-refractivity contribution in [2.75, 3.05) is 19.6 Å². The highest BCUT2D eigenvalue weighted by atomic mass is 35.5. The predicted octanol–water partition coefficient (Wildman–Crippen LogP) is 1.89. The second-order valence-electron chi connectivity index (χ2n) is 7.54. The number of hydrogen-bond acceptors (Lipinski definition) is 5. The van der Waals surface area contributed by atoms with Crippen LogP contribution in [-0.2, 0) is 23.5 Å². The molecule has 1 atom stereocenters. The topological polar surface area (TPSA) is 76.5 Å². The fourth-order valence-electron chi connectivity index (χ4n) is 3.77. The first-order chi connectivity index (χ1) is 12.3. The molecular weight excluding hydrogens is 388 g/mol. The molecule has 1 fully saturated rings. The van der Waals surface area contributed by atoms with Gasteiger partial charge in [0.15, 0.2) is 0 Å². The number of halogens is 1. The van der Waals surface area contributed by atoms with Crippen molar-refractivity contribution in [1.29, 1.82) is 0 Å². The fourth-order valence-corrected chi connectivity index (χ4v) is 5.41. The lowest BCUT2D eigenvalue weighted by atomic mass is 10.0. The van der Waals surface area contributed by atoms with E-state index in [1.165, 1.54) is 0 Å². The van der Waals surface area contributed by atoms with Crippen molar-refractivity contribution >= 4 is 22.4 Å². The Morgan fingerprint density at radius 2 is 2.11 bits per heavy atom. The highest BCUT2D eigenvalue weighted by Crippen LogP contribution is 2.37. The van der Waals surface area contributed by atoms with Gasteiger partial charge in [0.1, 0.15) is 17.2 Å². The van der Waals surface area contributed by atoms with Gasteiger partial charge in [0.2, 0.25) is 10.0 Å². The zero-order chi connectivity index (χ0) is 18.5. The average Bonchev–Trinajstić information content (AvgIpc) is 3.15. The lowest BCUT2D eigenvalue weighted by molar-refractivity contribution is 0.138. The van der Waals surface area contributed by atoms with Crippen LogP contribution < -0.4 is 10.1 Å². The number of nitrogens with one attached hydrogen (secondary N) is 1. The van der Waals surface area contributed by atoms with Gasteiger partial charge < -0.3 is 14.6 Å². The van der Waals surface area contributed by atoms with Crippen molar-refractivity contribution in [2.24, 2.45) is 7.05 Å². The maximum Gasteiger partial charge on any atom is 0.243 e. The van der Waals surface area contributed by atoms with Crippen molar-refractivity contribution < 1.29 is 13.2 Å². The van der Waals surface area contributed by atoms with Crippen LogP contribution in [0.1, 0.15) is 31.3 Å². The molecule has 1 unspecified atom stereocenters. The molecule has 0 saturated carbocycles. The summed E-state index contributed by atoms with van der Waals surface area (Å²) in [5.41, 5.74) is 0.648. The van der Waals surface area contributed by atoms with Crippen molar-refractivity contribution in [3.05, 3.63) is 42.0 Å². The number of nitrogens with zero attached hydrogens (tertiary/aromatic N) is 3. The molecule has 1 aromatic carbocycles. The SMILES string of the molecule is Cl.Cn1ccnc1C1CNCCN1S(=O)(=O)c1ccc2c(c1)CC(C)(C)O2. The van der Waals surface area contributed by atoms with Gasteiger partial charge in [-0.3, -0.25) is 0 Å². The first-order valence-electron chi connectivity index (χ1n) is 8.80. The van der Waals surface area contributed by atoms with Crippen LogP contribution in [0.15, 0.2) is 35.5 Å². The van der Waals surface area contributed by atoms with E-state index in [2.05, 4.69) is 10.3 Å². The average molecular weight is 413 g/mol. The summed E-state index contributed by atoms with van der Waals surface area (Å²) in [6.45, 7) is 5.61. The normalized spacial score (nSPS) is 22.0. The van der Waals surface area contributed by atoms with Crippen LogP contribution in [0.2, 0.25) is 0 Å². The van der Waals surface area contributed by atoms with E-state index < -0.39 is 10.0 Å². The predicted molar refractivity (Wildman–Crippen MR) is 105 cm³/mol. The molecule has 3 heterocycles. The van der Waals surface area contributed by atoms with Crippen LogP contribution in [0.25, 0.3) is 0 Å². The largest absolute Gasteiger partial charge is 0.487 e. The maximum absolute atomic E-state index is 13.4. The smallest absolute Gasteiger partial charge is 0.243 e. The fraction of sp³-hybridized carbons (Fsp3) is 0.500. The number of rotatable bonds is 3. The highest BCUT2D eigenvalue weighted by molar-refractivity contribution is 7.89. The lowest BCUT2D eigenvalue weighted by Gasteiger charge is -2.34. The molecule has 4 rings (SSSR count). The van der Waals surface area contributed by atoms with E-state index in [0.717, 1.165) is 17.1 Å². The van der Waals surface area contributed by atoms with Gasteiger partial charge in [-0.05, 0) is 37.6 Å². The first kappa shape index (κ1) is 20.1. The molecule has 7 nitrogen and oxygen atoms in total. The summed E-state index contributed by atoms with van der Waals surface area (Å²) in [6, 6.07) is 4.86.